The van der Waals surface area contributed by atoms with E-state index >= 15 is 0 Å². The Hall–Kier alpha value is -0.990. The van der Waals surface area contributed by atoms with Gasteiger partial charge in [-0.1, -0.05) is 5.92 Å². The van der Waals surface area contributed by atoms with Crippen LogP contribution in [0.1, 0.15) is 6.42 Å². The van der Waals surface area contributed by atoms with Crippen molar-refractivity contribution >= 4 is 0 Å². The molecule has 2 nitrogen and oxygen atoms in total. The molecule has 1 saturated heterocycles. The summed E-state index contributed by atoms with van der Waals surface area (Å²) in [4.78, 5) is 2.13. The molecule has 1 fully saturated rings. The van der Waals surface area contributed by atoms with E-state index in [4.69, 9.17) is 11.7 Å². The Kier molecular flexibility index (Phi) is 2.31. The summed E-state index contributed by atoms with van der Waals surface area (Å²) >= 11 is 0. The van der Waals surface area contributed by atoms with E-state index in [0.29, 0.717) is 6.54 Å². The quantitative estimate of drug-likeness (QED) is 0.487. The van der Waals surface area contributed by atoms with Crippen molar-refractivity contribution in [1.82, 2.24) is 4.90 Å². The molecule has 1 atom stereocenters. The molecule has 1 rings (SSSR count). The van der Waals surface area contributed by atoms with Crippen LogP contribution in [0, 0.1) is 29.6 Å². The molecule has 1 aliphatic rings. The Morgan fingerprint density at radius 2 is 2.50 bits per heavy atom. The summed E-state index contributed by atoms with van der Waals surface area (Å²) in [5.41, 5.74) is 0. The highest BCUT2D eigenvalue weighted by molar-refractivity contribution is 4.95. The highest BCUT2D eigenvalue weighted by Crippen LogP contribution is 2.13. The van der Waals surface area contributed by atoms with E-state index in [1.165, 1.54) is 0 Å². The van der Waals surface area contributed by atoms with Crippen LogP contribution in [0.15, 0.2) is 0 Å². The largest absolute Gasteiger partial charge is 0.291 e. The van der Waals surface area contributed by atoms with Gasteiger partial charge in [0.2, 0.25) is 0 Å². The Bertz CT molecular complexity index is 184. The predicted octanol–water partition coefficient (Wildman–Crippen LogP) is 0.465. The Morgan fingerprint density at radius 3 is 3.00 bits per heavy atom. The number of hydrogen-bond donors (Lipinski definition) is 0. The molecule has 0 aromatic rings. The van der Waals surface area contributed by atoms with Crippen molar-refractivity contribution < 1.29 is 0 Å². The van der Waals surface area contributed by atoms with Crippen molar-refractivity contribution in [2.24, 2.45) is 5.92 Å². The lowest BCUT2D eigenvalue weighted by atomic mass is 10.1. The van der Waals surface area contributed by atoms with Crippen LogP contribution in [0.25, 0.3) is 0 Å². The smallest absolute Gasteiger partial charge is 0.0669 e. The molecule has 0 saturated carbocycles. The molecule has 2 heteroatoms. The first-order valence-electron chi connectivity index (χ1n) is 3.42. The predicted molar refractivity (Wildman–Crippen MR) is 39.0 cm³/mol. The van der Waals surface area contributed by atoms with Gasteiger partial charge in [0.1, 0.15) is 0 Å². The zero-order valence-electron chi connectivity index (χ0n) is 5.88. The molecule has 0 aromatic carbocycles. The fraction of sp³-hybridized carbons (Fsp3) is 0.625. The maximum atomic E-state index is 8.52. The maximum absolute atomic E-state index is 8.52. The standard InChI is InChI=1S/C8H10N2/c1-2-4-10-5-3-8(6-9)7-10/h1,8H,3-5,7H2/t8-/m1/s1. The number of rotatable bonds is 1. The molecule has 0 radical (unpaired) electrons. The molecule has 0 unspecified atom stereocenters. The summed E-state index contributed by atoms with van der Waals surface area (Å²) in [6.45, 7) is 2.54. The molecular weight excluding hydrogens is 124 g/mol. The van der Waals surface area contributed by atoms with Crippen LogP contribution < -0.4 is 0 Å². The van der Waals surface area contributed by atoms with Gasteiger partial charge in [0, 0.05) is 13.1 Å². The Labute approximate surface area is 61.4 Å². The average Bonchev–Trinajstić information content (AvgIpc) is 2.37. The van der Waals surface area contributed by atoms with E-state index in [-0.39, 0.29) is 5.92 Å². The normalized spacial score (nSPS) is 25.6. The Morgan fingerprint density at radius 1 is 1.70 bits per heavy atom. The third kappa shape index (κ3) is 1.50. The number of nitriles is 1. The summed E-state index contributed by atoms with van der Waals surface area (Å²) in [6.07, 6.45) is 6.10. The van der Waals surface area contributed by atoms with Crippen molar-refractivity contribution in [2.45, 2.75) is 6.42 Å². The Balaban J connectivity index is 2.32. The van der Waals surface area contributed by atoms with Gasteiger partial charge < -0.3 is 0 Å². The van der Waals surface area contributed by atoms with Crippen molar-refractivity contribution in [2.75, 3.05) is 19.6 Å². The van der Waals surface area contributed by atoms with E-state index in [9.17, 15) is 0 Å². The molecule has 0 bridgehead atoms. The molecule has 52 valence electrons. The van der Waals surface area contributed by atoms with Crippen molar-refractivity contribution in [3.63, 3.8) is 0 Å². The molecule has 0 spiro atoms. The number of hydrogen-bond acceptors (Lipinski definition) is 2. The molecule has 1 heterocycles. The molecule has 0 N–H and O–H groups in total. The second-order valence-corrected chi connectivity index (χ2v) is 2.55. The van der Waals surface area contributed by atoms with Gasteiger partial charge in [0.15, 0.2) is 0 Å². The lowest BCUT2D eigenvalue weighted by molar-refractivity contribution is 0.375. The molecule has 0 aliphatic carbocycles. The highest BCUT2D eigenvalue weighted by atomic mass is 15.1. The average molecular weight is 134 g/mol. The van der Waals surface area contributed by atoms with E-state index < -0.39 is 0 Å². The van der Waals surface area contributed by atoms with Crippen LogP contribution in [-0.2, 0) is 0 Å². The SMILES string of the molecule is C#CCN1CC[C@H](C#N)C1. The first kappa shape index (κ1) is 7.12. The molecular formula is C8H10N2. The number of nitrogens with zero attached hydrogens (tertiary/aromatic N) is 2. The van der Waals surface area contributed by atoms with E-state index in [0.717, 1.165) is 19.5 Å². The third-order valence-electron chi connectivity index (χ3n) is 1.77. The zero-order valence-corrected chi connectivity index (χ0v) is 5.88. The van der Waals surface area contributed by atoms with E-state index in [1.807, 2.05) is 0 Å². The van der Waals surface area contributed by atoms with Gasteiger partial charge in [-0.3, -0.25) is 4.90 Å². The third-order valence-corrected chi connectivity index (χ3v) is 1.77. The van der Waals surface area contributed by atoms with Gasteiger partial charge in [0.25, 0.3) is 0 Å². The summed E-state index contributed by atoms with van der Waals surface area (Å²) < 4.78 is 0. The minimum Gasteiger partial charge on any atom is -0.291 e. The number of terminal acetylenes is 1. The van der Waals surface area contributed by atoms with Crippen LogP contribution in [0.2, 0.25) is 0 Å². The van der Waals surface area contributed by atoms with Crippen LogP contribution in [-0.4, -0.2) is 24.5 Å². The first-order valence-corrected chi connectivity index (χ1v) is 3.42. The van der Waals surface area contributed by atoms with Crippen molar-refractivity contribution in [3.8, 4) is 18.4 Å². The lowest BCUT2D eigenvalue weighted by Crippen LogP contribution is -2.20. The monoisotopic (exact) mass is 134 g/mol. The van der Waals surface area contributed by atoms with Gasteiger partial charge in [-0.2, -0.15) is 5.26 Å². The topological polar surface area (TPSA) is 27.0 Å². The summed E-state index contributed by atoms with van der Waals surface area (Å²) in [5.74, 6) is 2.79. The maximum Gasteiger partial charge on any atom is 0.0669 e. The van der Waals surface area contributed by atoms with Gasteiger partial charge in [0.05, 0.1) is 18.5 Å². The van der Waals surface area contributed by atoms with Gasteiger partial charge >= 0.3 is 0 Å². The zero-order chi connectivity index (χ0) is 7.40. The van der Waals surface area contributed by atoms with Crippen LogP contribution in [0.5, 0.6) is 0 Å². The molecule has 0 aromatic heterocycles. The van der Waals surface area contributed by atoms with Gasteiger partial charge in [-0.15, -0.1) is 6.42 Å². The van der Waals surface area contributed by atoms with Crippen LogP contribution in [0.4, 0.5) is 0 Å². The fourth-order valence-electron chi connectivity index (χ4n) is 1.21. The summed E-state index contributed by atoms with van der Waals surface area (Å²) in [6, 6.07) is 2.24. The van der Waals surface area contributed by atoms with Crippen molar-refractivity contribution in [3.05, 3.63) is 0 Å². The lowest BCUT2D eigenvalue weighted by Gasteiger charge is -2.08. The van der Waals surface area contributed by atoms with Gasteiger partial charge in [-0.05, 0) is 6.42 Å². The second-order valence-electron chi connectivity index (χ2n) is 2.55. The first-order chi connectivity index (χ1) is 4.86. The summed E-state index contributed by atoms with van der Waals surface area (Å²) in [5, 5.41) is 8.52. The van der Waals surface area contributed by atoms with Crippen LogP contribution >= 0.6 is 0 Å². The molecule has 10 heavy (non-hydrogen) atoms. The van der Waals surface area contributed by atoms with E-state index in [1.54, 1.807) is 0 Å². The molecule has 1 aliphatic heterocycles. The minimum absolute atomic E-state index is 0.216. The molecule has 0 amide bonds. The van der Waals surface area contributed by atoms with Crippen LogP contribution in [0.3, 0.4) is 0 Å². The minimum atomic E-state index is 0.216. The summed E-state index contributed by atoms with van der Waals surface area (Å²) in [7, 11) is 0. The van der Waals surface area contributed by atoms with E-state index in [2.05, 4.69) is 16.9 Å². The highest BCUT2D eigenvalue weighted by Gasteiger charge is 2.20. The fourth-order valence-corrected chi connectivity index (χ4v) is 1.21. The second kappa shape index (κ2) is 3.25. The van der Waals surface area contributed by atoms with Gasteiger partial charge in [-0.25, -0.2) is 0 Å². The van der Waals surface area contributed by atoms with Crippen molar-refractivity contribution in [1.29, 1.82) is 5.26 Å². The number of likely N-dealkylation sites (tertiary alicyclic amines) is 1.